The van der Waals surface area contributed by atoms with Crippen LogP contribution in [-0.4, -0.2) is 4.98 Å². The number of oxazole rings is 1. The number of benzene rings is 5. The van der Waals surface area contributed by atoms with Crippen molar-refractivity contribution in [3.05, 3.63) is 121 Å². The Morgan fingerprint density at radius 2 is 1.11 bits per heavy atom. The summed E-state index contributed by atoms with van der Waals surface area (Å²) in [7, 11) is 0. The van der Waals surface area contributed by atoms with Crippen LogP contribution in [0.5, 0.6) is 0 Å². The van der Waals surface area contributed by atoms with Crippen molar-refractivity contribution in [3.63, 3.8) is 0 Å². The Bertz CT molecular complexity index is 1750. The highest BCUT2D eigenvalue weighted by molar-refractivity contribution is 6.17. The summed E-state index contributed by atoms with van der Waals surface area (Å²) in [4.78, 5) is 7.13. The second-order valence-corrected chi connectivity index (χ2v) is 8.46. The maximum Gasteiger partial charge on any atom is 0.227 e. The Balaban J connectivity index is 1.47. The van der Waals surface area contributed by atoms with Crippen LogP contribution in [0.1, 0.15) is 0 Å². The van der Waals surface area contributed by atoms with Gasteiger partial charge < -0.3 is 13.7 Å². The van der Waals surface area contributed by atoms with E-state index in [0.717, 1.165) is 55.7 Å². The van der Waals surface area contributed by atoms with Gasteiger partial charge in [0.25, 0.3) is 0 Å². The van der Waals surface area contributed by atoms with E-state index in [9.17, 15) is 0 Å². The molecule has 4 nitrogen and oxygen atoms in total. The number of anilines is 3. The van der Waals surface area contributed by atoms with Gasteiger partial charge in [0.2, 0.25) is 5.89 Å². The van der Waals surface area contributed by atoms with Crippen LogP contribution in [0.25, 0.3) is 44.5 Å². The highest BCUT2D eigenvalue weighted by atomic mass is 16.4. The number of para-hydroxylation sites is 2. The van der Waals surface area contributed by atoms with Crippen molar-refractivity contribution in [2.75, 3.05) is 4.90 Å². The Labute approximate surface area is 201 Å². The molecule has 0 bridgehead atoms. The Morgan fingerprint density at radius 3 is 1.80 bits per heavy atom. The molecule has 0 spiro atoms. The molecule has 0 aliphatic rings. The zero-order valence-electron chi connectivity index (χ0n) is 18.8. The van der Waals surface area contributed by atoms with Gasteiger partial charge in [-0.2, -0.15) is 0 Å². The number of hydrogen-bond acceptors (Lipinski definition) is 4. The highest BCUT2D eigenvalue weighted by Crippen LogP contribution is 2.40. The summed E-state index contributed by atoms with van der Waals surface area (Å²) in [6.07, 6.45) is 0. The van der Waals surface area contributed by atoms with Crippen molar-refractivity contribution in [2.24, 2.45) is 0 Å². The van der Waals surface area contributed by atoms with Gasteiger partial charge in [-0.15, -0.1) is 0 Å². The van der Waals surface area contributed by atoms with Gasteiger partial charge in [-0.25, -0.2) is 4.98 Å². The largest absolute Gasteiger partial charge is 0.456 e. The molecular formula is C31H20N2O2. The minimum atomic E-state index is 0.605. The molecule has 0 unspecified atom stereocenters. The van der Waals surface area contributed by atoms with Gasteiger partial charge in [-0.1, -0.05) is 54.6 Å². The molecule has 0 atom stereocenters. The third-order valence-corrected chi connectivity index (χ3v) is 6.28. The molecule has 0 fully saturated rings. The van der Waals surface area contributed by atoms with E-state index in [0.29, 0.717) is 5.89 Å². The number of rotatable bonds is 4. The van der Waals surface area contributed by atoms with Crippen molar-refractivity contribution in [1.29, 1.82) is 0 Å². The van der Waals surface area contributed by atoms with Crippen molar-refractivity contribution < 1.29 is 8.83 Å². The molecule has 35 heavy (non-hydrogen) atoms. The minimum Gasteiger partial charge on any atom is -0.456 e. The Kier molecular flexibility index (Phi) is 4.42. The first-order valence-corrected chi connectivity index (χ1v) is 11.6. The summed E-state index contributed by atoms with van der Waals surface area (Å²) in [5.41, 5.74) is 7.33. The molecule has 0 saturated heterocycles. The monoisotopic (exact) mass is 452 g/mol. The second kappa shape index (κ2) is 7.89. The Hall–Kier alpha value is -4.83. The van der Waals surface area contributed by atoms with Crippen LogP contribution < -0.4 is 4.90 Å². The van der Waals surface area contributed by atoms with Gasteiger partial charge in [-0.3, -0.25) is 0 Å². The standard InChI is InChI=1S/C31H20N2O2/c1-4-10-21(11-5-1)31-32-30-28(35-31)19-18-27-29(30)25-20-24(16-17-26(25)34-27)33(22-12-6-2-7-13-22)23-14-8-3-9-15-23/h1-20H. The third kappa shape index (κ3) is 3.27. The SMILES string of the molecule is c1ccc(-c2nc3c(ccc4oc5ccc(N(c6ccccc6)c6ccccc6)cc5c43)o2)cc1. The maximum absolute atomic E-state index is 6.22. The van der Waals surface area contributed by atoms with E-state index in [1.807, 2.05) is 60.7 Å². The van der Waals surface area contributed by atoms with Crippen LogP contribution in [0.3, 0.4) is 0 Å². The van der Waals surface area contributed by atoms with E-state index < -0.39 is 0 Å². The second-order valence-electron chi connectivity index (χ2n) is 8.46. The van der Waals surface area contributed by atoms with E-state index in [-0.39, 0.29) is 0 Å². The molecule has 0 amide bonds. The summed E-state index contributed by atoms with van der Waals surface area (Å²) < 4.78 is 12.4. The average Bonchev–Trinajstić information content (AvgIpc) is 3.52. The van der Waals surface area contributed by atoms with Crippen LogP contribution in [0.4, 0.5) is 17.1 Å². The summed E-state index contributed by atoms with van der Waals surface area (Å²) in [6.45, 7) is 0. The van der Waals surface area contributed by atoms with Crippen LogP contribution in [0.2, 0.25) is 0 Å². The van der Waals surface area contributed by atoms with Crippen LogP contribution in [-0.2, 0) is 0 Å². The number of aromatic nitrogens is 1. The first-order chi connectivity index (χ1) is 17.3. The van der Waals surface area contributed by atoms with E-state index in [4.69, 9.17) is 13.8 Å². The molecule has 4 heteroatoms. The fraction of sp³-hybridized carbons (Fsp3) is 0. The van der Waals surface area contributed by atoms with E-state index in [2.05, 4.69) is 65.6 Å². The lowest BCUT2D eigenvalue weighted by Crippen LogP contribution is -2.09. The molecule has 2 heterocycles. The molecule has 0 radical (unpaired) electrons. The zero-order valence-corrected chi connectivity index (χ0v) is 18.8. The lowest BCUT2D eigenvalue weighted by molar-refractivity contribution is 0.619. The van der Waals surface area contributed by atoms with Gasteiger partial charge in [0.1, 0.15) is 16.7 Å². The number of hydrogen-bond donors (Lipinski definition) is 0. The molecule has 0 aliphatic carbocycles. The lowest BCUT2D eigenvalue weighted by atomic mass is 10.1. The van der Waals surface area contributed by atoms with Crippen molar-refractivity contribution in [3.8, 4) is 11.5 Å². The molecule has 0 saturated carbocycles. The first-order valence-electron chi connectivity index (χ1n) is 11.6. The molecule has 5 aromatic carbocycles. The lowest BCUT2D eigenvalue weighted by Gasteiger charge is -2.25. The fourth-order valence-electron chi connectivity index (χ4n) is 4.69. The smallest absolute Gasteiger partial charge is 0.227 e. The highest BCUT2D eigenvalue weighted by Gasteiger charge is 2.19. The normalized spacial score (nSPS) is 11.4. The quantitative estimate of drug-likeness (QED) is 0.267. The predicted molar refractivity (Wildman–Crippen MR) is 141 cm³/mol. The van der Waals surface area contributed by atoms with Crippen LogP contribution >= 0.6 is 0 Å². The molecule has 7 aromatic rings. The predicted octanol–water partition coefficient (Wildman–Crippen LogP) is 8.86. The number of fused-ring (bicyclic) bond motifs is 5. The summed E-state index contributed by atoms with van der Waals surface area (Å²) in [5.74, 6) is 0.605. The van der Waals surface area contributed by atoms with Gasteiger partial charge >= 0.3 is 0 Å². The average molecular weight is 453 g/mol. The van der Waals surface area contributed by atoms with Crippen molar-refractivity contribution >= 4 is 50.1 Å². The molecule has 7 rings (SSSR count). The number of nitrogens with zero attached hydrogens (tertiary/aromatic N) is 2. The van der Waals surface area contributed by atoms with E-state index in [1.54, 1.807) is 0 Å². The fourth-order valence-corrected chi connectivity index (χ4v) is 4.69. The molecule has 0 aliphatic heterocycles. The van der Waals surface area contributed by atoms with Gasteiger partial charge in [0, 0.05) is 28.0 Å². The van der Waals surface area contributed by atoms with Crippen molar-refractivity contribution in [1.82, 2.24) is 4.98 Å². The van der Waals surface area contributed by atoms with Crippen molar-refractivity contribution in [2.45, 2.75) is 0 Å². The first kappa shape index (κ1) is 19.6. The zero-order chi connectivity index (χ0) is 23.2. The van der Waals surface area contributed by atoms with E-state index in [1.165, 1.54) is 0 Å². The molecule has 2 aromatic heterocycles. The summed E-state index contributed by atoms with van der Waals surface area (Å²) in [6, 6.07) is 40.9. The summed E-state index contributed by atoms with van der Waals surface area (Å²) in [5, 5.41) is 1.97. The molecule has 0 N–H and O–H groups in total. The molecule has 166 valence electrons. The number of furan rings is 1. The van der Waals surface area contributed by atoms with Crippen LogP contribution in [0.15, 0.2) is 130 Å². The van der Waals surface area contributed by atoms with Gasteiger partial charge in [0.05, 0.1) is 5.39 Å². The van der Waals surface area contributed by atoms with Gasteiger partial charge in [0.15, 0.2) is 5.58 Å². The maximum atomic E-state index is 6.22. The van der Waals surface area contributed by atoms with Crippen LogP contribution in [0, 0.1) is 0 Å². The van der Waals surface area contributed by atoms with Gasteiger partial charge in [-0.05, 0) is 66.7 Å². The Morgan fingerprint density at radius 1 is 0.514 bits per heavy atom. The summed E-state index contributed by atoms with van der Waals surface area (Å²) >= 11 is 0. The third-order valence-electron chi connectivity index (χ3n) is 6.28. The molecular weight excluding hydrogens is 432 g/mol. The minimum absolute atomic E-state index is 0.605. The topological polar surface area (TPSA) is 42.4 Å². The van der Waals surface area contributed by atoms with E-state index >= 15 is 0 Å².